The van der Waals surface area contributed by atoms with Gasteiger partial charge in [0.2, 0.25) is 0 Å². The van der Waals surface area contributed by atoms with Crippen molar-refractivity contribution in [3.8, 4) is 11.8 Å². The number of anilines is 1. The predicted molar refractivity (Wildman–Crippen MR) is 96.0 cm³/mol. The van der Waals surface area contributed by atoms with E-state index in [0.29, 0.717) is 22.7 Å². The van der Waals surface area contributed by atoms with Crippen LogP contribution in [0.25, 0.3) is 16.7 Å². The number of benzene rings is 1. The first kappa shape index (κ1) is 15.3. The van der Waals surface area contributed by atoms with Crippen LogP contribution < -0.4 is 10.6 Å². The van der Waals surface area contributed by atoms with Gasteiger partial charge >= 0.3 is 5.69 Å². The Morgan fingerprint density at radius 1 is 1.12 bits per heavy atom. The van der Waals surface area contributed by atoms with Gasteiger partial charge in [-0.2, -0.15) is 10.2 Å². The highest BCUT2D eigenvalue weighted by Gasteiger charge is 2.20. The molecule has 0 N–H and O–H groups in total. The van der Waals surface area contributed by atoms with Gasteiger partial charge in [-0.15, -0.1) is 0 Å². The Morgan fingerprint density at radius 2 is 1.92 bits per heavy atom. The molecule has 0 spiro atoms. The second kappa shape index (κ2) is 6.02. The summed E-state index contributed by atoms with van der Waals surface area (Å²) in [6.07, 6.45) is 2.21. The minimum atomic E-state index is -0.373. The molecule has 0 saturated carbocycles. The number of nitrogens with zero attached hydrogens (tertiary/aromatic N) is 5. The Balaban J connectivity index is 2.03. The molecular weight excluding hydrogens is 314 g/mol. The second-order valence-electron chi connectivity index (χ2n) is 6.23. The monoisotopic (exact) mass is 331 g/mol. The highest BCUT2D eigenvalue weighted by atomic mass is 16.1. The number of aromatic nitrogens is 3. The first-order valence-corrected chi connectivity index (χ1v) is 8.33. The van der Waals surface area contributed by atoms with Crippen molar-refractivity contribution < 1.29 is 0 Å². The Kier molecular flexibility index (Phi) is 3.69. The van der Waals surface area contributed by atoms with Gasteiger partial charge in [-0.25, -0.2) is 14.3 Å². The van der Waals surface area contributed by atoms with E-state index in [1.165, 1.54) is 4.57 Å². The summed E-state index contributed by atoms with van der Waals surface area (Å²) in [7, 11) is 0. The lowest BCUT2D eigenvalue weighted by Gasteiger charge is -2.20. The first-order valence-electron chi connectivity index (χ1n) is 8.33. The van der Waals surface area contributed by atoms with Crippen LogP contribution in [0.2, 0.25) is 0 Å². The molecule has 0 atom stereocenters. The zero-order valence-corrected chi connectivity index (χ0v) is 13.9. The number of pyridine rings is 1. The molecule has 0 unspecified atom stereocenters. The fourth-order valence-corrected chi connectivity index (χ4v) is 3.30. The van der Waals surface area contributed by atoms with Gasteiger partial charge in [0.15, 0.2) is 5.65 Å². The van der Waals surface area contributed by atoms with Gasteiger partial charge in [0.05, 0.1) is 22.7 Å². The maximum Gasteiger partial charge on any atom is 0.355 e. The molecule has 6 nitrogen and oxygen atoms in total. The van der Waals surface area contributed by atoms with E-state index >= 15 is 0 Å². The van der Waals surface area contributed by atoms with Crippen LogP contribution in [-0.4, -0.2) is 27.6 Å². The van der Waals surface area contributed by atoms with Crippen LogP contribution in [0.4, 0.5) is 5.82 Å². The molecule has 1 aliphatic rings. The van der Waals surface area contributed by atoms with Gasteiger partial charge in [-0.3, -0.25) is 0 Å². The minimum absolute atomic E-state index is 0.373. The van der Waals surface area contributed by atoms with E-state index in [-0.39, 0.29) is 5.69 Å². The standard InChI is InChI=1S/C19H17N5O/c1-13-7-8-16-17(23-9-2-3-10-23)22-19(25)24(18(16)21-13)15-6-4-5-14(11-15)12-20/h4-8,11H,2-3,9-10H2,1H3. The topological polar surface area (TPSA) is 74.8 Å². The molecule has 0 amide bonds. The molecule has 1 aromatic carbocycles. The van der Waals surface area contributed by atoms with Crippen LogP contribution in [0.3, 0.4) is 0 Å². The van der Waals surface area contributed by atoms with Crippen molar-refractivity contribution >= 4 is 16.9 Å². The SMILES string of the molecule is Cc1ccc2c(N3CCCC3)nc(=O)n(-c3cccc(C#N)c3)c2n1. The molecule has 4 rings (SSSR count). The number of aryl methyl sites for hydroxylation is 1. The number of hydrogen-bond acceptors (Lipinski definition) is 5. The molecule has 0 bridgehead atoms. The van der Waals surface area contributed by atoms with Crippen molar-refractivity contribution in [2.45, 2.75) is 19.8 Å². The van der Waals surface area contributed by atoms with E-state index in [9.17, 15) is 4.79 Å². The molecule has 1 fully saturated rings. The molecule has 124 valence electrons. The largest absolute Gasteiger partial charge is 0.356 e. The van der Waals surface area contributed by atoms with Crippen LogP contribution in [0.1, 0.15) is 24.1 Å². The van der Waals surface area contributed by atoms with E-state index < -0.39 is 0 Å². The lowest BCUT2D eigenvalue weighted by molar-refractivity contribution is 0.884. The third kappa shape index (κ3) is 2.64. The number of rotatable bonds is 2. The Bertz CT molecular complexity index is 1060. The molecular formula is C19H17N5O. The third-order valence-electron chi connectivity index (χ3n) is 4.50. The summed E-state index contributed by atoms with van der Waals surface area (Å²) in [4.78, 5) is 23.9. The van der Waals surface area contributed by atoms with Gasteiger partial charge in [-0.1, -0.05) is 6.07 Å². The van der Waals surface area contributed by atoms with Crippen molar-refractivity contribution in [1.82, 2.24) is 14.5 Å². The van der Waals surface area contributed by atoms with E-state index in [1.807, 2.05) is 19.1 Å². The highest BCUT2D eigenvalue weighted by molar-refractivity contribution is 5.88. The minimum Gasteiger partial charge on any atom is -0.356 e. The smallest absolute Gasteiger partial charge is 0.355 e. The Hall–Kier alpha value is -3.20. The molecule has 1 aliphatic heterocycles. The number of nitriles is 1. The first-order chi connectivity index (χ1) is 12.2. The molecule has 0 aliphatic carbocycles. The molecule has 3 aromatic rings. The van der Waals surface area contributed by atoms with Crippen molar-refractivity contribution in [2.75, 3.05) is 18.0 Å². The number of hydrogen-bond donors (Lipinski definition) is 0. The lowest BCUT2D eigenvalue weighted by atomic mass is 10.2. The average Bonchev–Trinajstić information content (AvgIpc) is 3.15. The van der Waals surface area contributed by atoms with E-state index in [2.05, 4.69) is 20.9 Å². The van der Waals surface area contributed by atoms with Crippen molar-refractivity contribution in [3.63, 3.8) is 0 Å². The normalized spacial score (nSPS) is 14.0. The average molecular weight is 331 g/mol. The summed E-state index contributed by atoms with van der Waals surface area (Å²) in [6, 6.07) is 13.0. The zero-order valence-electron chi connectivity index (χ0n) is 13.9. The van der Waals surface area contributed by atoms with Crippen LogP contribution in [0, 0.1) is 18.3 Å². The predicted octanol–water partition coefficient (Wildman–Crippen LogP) is 2.56. The van der Waals surface area contributed by atoms with Crippen molar-refractivity contribution in [2.24, 2.45) is 0 Å². The summed E-state index contributed by atoms with van der Waals surface area (Å²) >= 11 is 0. The molecule has 0 radical (unpaired) electrons. The van der Waals surface area contributed by atoms with Gasteiger partial charge < -0.3 is 4.90 Å². The second-order valence-corrected chi connectivity index (χ2v) is 6.23. The van der Waals surface area contributed by atoms with E-state index in [0.717, 1.165) is 37.0 Å². The fraction of sp³-hybridized carbons (Fsp3) is 0.263. The van der Waals surface area contributed by atoms with Crippen molar-refractivity contribution in [3.05, 3.63) is 58.1 Å². The Labute approximate surface area is 145 Å². The highest BCUT2D eigenvalue weighted by Crippen LogP contribution is 2.26. The van der Waals surface area contributed by atoms with E-state index in [4.69, 9.17) is 5.26 Å². The summed E-state index contributed by atoms with van der Waals surface area (Å²) in [5, 5.41) is 10.0. The summed E-state index contributed by atoms with van der Waals surface area (Å²) in [5.74, 6) is 0.706. The number of fused-ring (bicyclic) bond motifs is 1. The van der Waals surface area contributed by atoms with Gasteiger partial charge in [0, 0.05) is 18.8 Å². The van der Waals surface area contributed by atoms with Crippen molar-refractivity contribution in [1.29, 1.82) is 5.26 Å². The fourth-order valence-electron chi connectivity index (χ4n) is 3.30. The van der Waals surface area contributed by atoms with Gasteiger partial charge in [-0.05, 0) is 50.1 Å². The maximum absolute atomic E-state index is 12.8. The van der Waals surface area contributed by atoms with E-state index in [1.54, 1.807) is 24.3 Å². The molecule has 2 aromatic heterocycles. The van der Waals surface area contributed by atoms with Gasteiger partial charge in [0.25, 0.3) is 0 Å². The molecule has 3 heterocycles. The summed E-state index contributed by atoms with van der Waals surface area (Å²) < 4.78 is 1.49. The lowest BCUT2D eigenvalue weighted by Crippen LogP contribution is -2.28. The van der Waals surface area contributed by atoms with Gasteiger partial charge in [0.1, 0.15) is 5.82 Å². The zero-order chi connectivity index (χ0) is 17.4. The molecule has 6 heteroatoms. The van der Waals surface area contributed by atoms with Crippen LogP contribution in [-0.2, 0) is 0 Å². The molecule has 25 heavy (non-hydrogen) atoms. The van der Waals surface area contributed by atoms with Crippen LogP contribution in [0.15, 0.2) is 41.2 Å². The van der Waals surface area contributed by atoms with Crippen LogP contribution >= 0.6 is 0 Å². The molecule has 1 saturated heterocycles. The summed E-state index contributed by atoms with van der Waals surface area (Å²) in [6.45, 7) is 3.71. The maximum atomic E-state index is 12.8. The Morgan fingerprint density at radius 3 is 2.68 bits per heavy atom. The quantitative estimate of drug-likeness (QED) is 0.721. The van der Waals surface area contributed by atoms with Crippen LogP contribution in [0.5, 0.6) is 0 Å². The summed E-state index contributed by atoms with van der Waals surface area (Å²) in [5.41, 5.74) is 2.14. The third-order valence-corrected chi connectivity index (χ3v) is 4.50.